The molecule has 2 aliphatic rings. The molecule has 6 nitrogen and oxygen atoms in total. The van der Waals surface area contributed by atoms with Crippen LogP contribution in [0.1, 0.15) is 57.8 Å². The van der Waals surface area contributed by atoms with Crippen LogP contribution in [0.15, 0.2) is 36.5 Å². The van der Waals surface area contributed by atoms with E-state index in [1.54, 1.807) is 7.11 Å². The Morgan fingerprint density at radius 3 is 2.68 bits per heavy atom. The van der Waals surface area contributed by atoms with Crippen molar-refractivity contribution >= 4 is 5.91 Å². The Kier molecular flexibility index (Phi) is 5.08. The highest BCUT2D eigenvalue weighted by atomic mass is 16.5. The standard InChI is InChI=1S/C25H30N4O2/c1-16-12-23(17(2)28(16)15-18-4-9-22(31-3)10-5-18)25(30)29(20-6-7-20)21-8-11-24-19(13-21)14-26-27-24/h4-5,9-10,12,14,20-21H,6-8,11,13,15H2,1-3H3,(H,26,27). The Morgan fingerprint density at radius 1 is 1.19 bits per heavy atom. The molecule has 0 saturated heterocycles. The van der Waals surface area contributed by atoms with Gasteiger partial charge in [0, 0.05) is 36.2 Å². The lowest BCUT2D eigenvalue weighted by molar-refractivity contribution is 0.0642. The number of aromatic nitrogens is 3. The van der Waals surface area contributed by atoms with E-state index in [1.807, 2.05) is 18.3 Å². The number of aryl methyl sites for hydroxylation is 2. The number of carbonyl (C=O) groups is 1. The van der Waals surface area contributed by atoms with E-state index >= 15 is 0 Å². The Balaban J connectivity index is 1.39. The first-order valence-corrected chi connectivity index (χ1v) is 11.2. The van der Waals surface area contributed by atoms with Crippen molar-refractivity contribution in [1.82, 2.24) is 19.7 Å². The minimum atomic E-state index is 0.188. The first-order valence-electron chi connectivity index (χ1n) is 11.2. The molecule has 2 heterocycles. The molecule has 1 unspecified atom stereocenters. The molecule has 2 aliphatic carbocycles. The van der Waals surface area contributed by atoms with Crippen LogP contribution >= 0.6 is 0 Å². The van der Waals surface area contributed by atoms with Crippen molar-refractivity contribution in [2.24, 2.45) is 0 Å². The number of methoxy groups -OCH3 is 1. The summed E-state index contributed by atoms with van der Waals surface area (Å²) in [6, 6.07) is 10.9. The van der Waals surface area contributed by atoms with Gasteiger partial charge in [-0.1, -0.05) is 12.1 Å². The third-order valence-electron chi connectivity index (χ3n) is 6.85. The van der Waals surface area contributed by atoms with Crippen LogP contribution in [-0.4, -0.2) is 44.8 Å². The van der Waals surface area contributed by atoms with Crippen molar-refractivity contribution in [2.75, 3.05) is 7.11 Å². The van der Waals surface area contributed by atoms with Crippen LogP contribution in [-0.2, 0) is 19.4 Å². The van der Waals surface area contributed by atoms with Crippen LogP contribution in [0.25, 0.3) is 0 Å². The number of benzene rings is 1. The highest BCUT2D eigenvalue weighted by Gasteiger charge is 2.40. The maximum Gasteiger partial charge on any atom is 0.256 e. The minimum absolute atomic E-state index is 0.188. The van der Waals surface area contributed by atoms with E-state index in [0.29, 0.717) is 6.04 Å². The van der Waals surface area contributed by atoms with Crippen LogP contribution < -0.4 is 4.74 Å². The molecule has 1 atom stereocenters. The molecular formula is C25H30N4O2. The third-order valence-corrected chi connectivity index (χ3v) is 6.85. The number of hydrogen-bond acceptors (Lipinski definition) is 3. The summed E-state index contributed by atoms with van der Waals surface area (Å²) in [5, 5.41) is 7.35. The zero-order chi connectivity index (χ0) is 21.5. The largest absolute Gasteiger partial charge is 0.497 e. The zero-order valence-electron chi connectivity index (χ0n) is 18.5. The van der Waals surface area contributed by atoms with Crippen molar-refractivity contribution in [3.05, 3.63) is 70.3 Å². The lowest BCUT2D eigenvalue weighted by atomic mass is 9.92. The second-order valence-corrected chi connectivity index (χ2v) is 8.92. The van der Waals surface area contributed by atoms with Crippen LogP contribution in [0.2, 0.25) is 0 Å². The van der Waals surface area contributed by atoms with Crippen molar-refractivity contribution in [1.29, 1.82) is 0 Å². The molecule has 2 aromatic heterocycles. The maximum atomic E-state index is 13.8. The van der Waals surface area contributed by atoms with Gasteiger partial charge in [0.15, 0.2) is 0 Å². The second kappa shape index (κ2) is 7.91. The Morgan fingerprint density at radius 2 is 1.97 bits per heavy atom. The van der Waals surface area contributed by atoms with Gasteiger partial charge in [0.25, 0.3) is 5.91 Å². The van der Waals surface area contributed by atoms with Gasteiger partial charge in [0.05, 0.1) is 18.4 Å². The van der Waals surface area contributed by atoms with Crippen LogP contribution in [0.4, 0.5) is 0 Å². The summed E-state index contributed by atoms with van der Waals surface area (Å²) in [6.07, 6.45) is 7.06. The Hall–Kier alpha value is -3.02. The van der Waals surface area contributed by atoms with Crippen molar-refractivity contribution < 1.29 is 9.53 Å². The van der Waals surface area contributed by atoms with E-state index in [1.165, 1.54) is 11.1 Å². The molecular weight excluding hydrogens is 388 g/mol. The van der Waals surface area contributed by atoms with Gasteiger partial charge in [-0.15, -0.1) is 0 Å². The molecule has 6 heteroatoms. The van der Waals surface area contributed by atoms with Crippen LogP contribution in [0, 0.1) is 13.8 Å². The lowest BCUT2D eigenvalue weighted by Crippen LogP contribution is -2.45. The van der Waals surface area contributed by atoms with E-state index < -0.39 is 0 Å². The van der Waals surface area contributed by atoms with E-state index in [4.69, 9.17) is 4.74 Å². The molecule has 31 heavy (non-hydrogen) atoms. The molecule has 1 aromatic carbocycles. The van der Waals surface area contributed by atoms with E-state index in [9.17, 15) is 4.79 Å². The molecule has 1 N–H and O–H groups in total. The first kappa shape index (κ1) is 19.9. The number of amides is 1. The van der Waals surface area contributed by atoms with Gasteiger partial charge in [0.2, 0.25) is 0 Å². The van der Waals surface area contributed by atoms with Gasteiger partial charge in [-0.3, -0.25) is 9.89 Å². The third kappa shape index (κ3) is 3.75. The first-order chi connectivity index (χ1) is 15.0. The number of nitrogens with one attached hydrogen (secondary N) is 1. The van der Waals surface area contributed by atoms with Gasteiger partial charge in [-0.2, -0.15) is 5.10 Å². The number of nitrogens with zero attached hydrogens (tertiary/aromatic N) is 3. The summed E-state index contributed by atoms with van der Waals surface area (Å²) < 4.78 is 7.51. The second-order valence-electron chi connectivity index (χ2n) is 8.92. The predicted molar refractivity (Wildman–Crippen MR) is 120 cm³/mol. The number of hydrogen-bond donors (Lipinski definition) is 1. The maximum absolute atomic E-state index is 13.8. The number of H-pyrrole nitrogens is 1. The van der Waals surface area contributed by atoms with Gasteiger partial charge in [-0.05, 0) is 75.3 Å². The molecule has 3 aromatic rings. The average molecular weight is 419 g/mol. The van der Waals surface area contributed by atoms with E-state index in [2.05, 4.69) is 51.7 Å². The van der Waals surface area contributed by atoms with Gasteiger partial charge < -0.3 is 14.2 Å². The summed E-state index contributed by atoms with van der Waals surface area (Å²) in [5.41, 5.74) is 6.63. The lowest BCUT2D eigenvalue weighted by Gasteiger charge is -2.34. The number of ether oxygens (including phenoxy) is 1. The summed E-state index contributed by atoms with van der Waals surface area (Å²) in [4.78, 5) is 16.0. The fourth-order valence-corrected chi connectivity index (χ4v) is 4.93. The molecule has 1 amide bonds. The van der Waals surface area contributed by atoms with Crippen LogP contribution in [0.5, 0.6) is 5.75 Å². The normalized spacial score (nSPS) is 18.0. The Labute approximate surface area is 183 Å². The quantitative estimate of drug-likeness (QED) is 0.657. The fourth-order valence-electron chi connectivity index (χ4n) is 4.93. The predicted octanol–water partition coefficient (Wildman–Crippen LogP) is 4.05. The molecule has 162 valence electrons. The number of aromatic amines is 1. The van der Waals surface area contributed by atoms with E-state index in [0.717, 1.165) is 67.0 Å². The van der Waals surface area contributed by atoms with Gasteiger partial charge >= 0.3 is 0 Å². The fraction of sp³-hybridized carbons (Fsp3) is 0.440. The van der Waals surface area contributed by atoms with Crippen molar-refractivity contribution in [3.63, 3.8) is 0 Å². The summed E-state index contributed by atoms with van der Waals surface area (Å²) in [6.45, 7) is 4.91. The molecule has 1 fully saturated rings. The highest BCUT2D eigenvalue weighted by molar-refractivity contribution is 5.96. The SMILES string of the molecule is COc1ccc(Cn2c(C)cc(C(=O)N(C3CC3)C3CCc4n[nH]cc4C3)c2C)cc1. The summed E-state index contributed by atoms with van der Waals surface area (Å²) >= 11 is 0. The monoisotopic (exact) mass is 418 g/mol. The zero-order valence-corrected chi connectivity index (χ0v) is 18.5. The highest BCUT2D eigenvalue weighted by Crippen LogP contribution is 2.35. The molecule has 5 rings (SSSR count). The summed E-state index contributed by atoms with van der Waals surface area (Å²) in [5.74, 6) is 1.04. The van der Waals surface area contributed by atoms with E-state index in [-0.39, 0.29) is 11.9 Å². The van der Waals surface area contributed by atoms with Gasteiger partial charge in [-0.25, -0.2) is 0 Å². The average Bonchev–Trinajstić information content (AvgIpc) is 3.43. The number of carbonyl (C=O) groups excluding carboxylic acids is 1. The molecule has 0 aliphatic heterocycles. The molecule has 1 saturated carbocycles. The van der Waals surface area contributed by atoms with Crippen LogP contribution in [0.3, 0.4) is 0 Å². The van der Waals surface area contributed by atoms with Gasteiger partial charge in [0.1, 0.15) is 5.75 Å². The molecule has 0 spiro atoms. The minimum Gasteiger partial charge on any atom is -0.497 e. The number of rotatable bonds is 6. The molecule has 0 bridgehead atoms. The van der Waals surface area contributed by atoms with Crippen molar-refractivity contribution in [2.45, 2.75) is 64.6 Å². The molecule has 0 radical (unpaired) electrons. The topological polar surface area (TPSA) is 63.1 Å². The smallest absolute Gasteiger partial charge is 0.256 e. The number of fused-ring (bicyclic) bond motifs is 1. The Bertz CT molecular complexity index is 1090. The summed E-state index contributed by atoms with van der Waals surface area (Å²) in [7, 11) is 1.68. The van der Waals surface area contributed by atoms with Crippen molar-refractivity contribution in [3.8, 4) is 5.75 Å².